The molecular formula is C12H17NO2. The standard InChI is InChI=1S/C12H17NO2/c1-7-6-9(7)13-8(2)12-10(14)4-3-5-11(12)15/h3-5,7-9,13-15H,6H2,1-2H3. The highest BCUT2D eigenvalue weighted by molar-refractivity contribution is 5.45. The lowest BCUT2D eigenvalue weighted by molar-refractivity contribution is 0.416. The number of nitrogens with one attached hydrogen (secondary N) is 1. The molecular weight excluding hydrogens is 190 g/mol. The van der Waals surface area contributed by atoms with Crippen LogP contribution in [0.15, 0.2) is 18.2 Å². The third-order valence-electron chi connectivity index (χ3n) is 3.07. The van der Waals surface area contributed by atoms with Crippen LogP contribution in [-0.4, -0.2) is 16.3 Å². The topological polar surface area (TPSA) is 52.5 Å². The fraction of sp³-hybridized carbons (Fsp3) is 0.500. The Morgan fingerprint density at radius 3 is 2.33 bits per heavy atom. The summed E-state index contributed by atoms with van der Waals surface area (Å²) >= 11 is 0. The maximum absolute atomic E-state index is 9.66. The molecule has 1 aliphatic carbocycles. The molecule has 0 radical (unpaired) electrons. The van der Waals surface area contributed by atoms with E-state index in [0.29, 0.717) is 17.5 Å². The molecule has 3 nitrogen and oxygen atoms in total. The van der Waals surface area contributed by atoms with Crippen molar-refractivity contribution < 1.29 is 10.2 Å². The lowest BCUT2D eigenvalue weighted by atomic mass is 10.1. The van der Waals surface area contributed by atoms with E-state index in [1.807, 2.05) is 6.92 Å². The summed E-state index contributed by atoms with van der Waals surface area (Å²) in [6.07, 6.45) is 1.18. The van der Waals surface area contributed by atoms with E-state index in [1.165, 1.54) is 6.42 Å². The summed E-state index contributed by atoms with van der Waals surface area (Å²) in [6.45, 7) is 4.15. The number of aromatic hydroxyl groups is 2. The first kappa shape index (κ1) is 10.3. The van der Waals surface area contributed by atoms with Crippen LogP contribution in [0.1, 0.15) is 31.9 Å². The van der Waals surface area contributed by atoms with Gasteiger partial charge in [-0.05, 0) is 31.4 Å². The summed E-state index contributed by atoms with van der Waals surface area (Å²) in [5.41, 5.74) is 0.594. The van der Waals surface area contributed by atoms with Gasteiger partial charge in [-0.1, -0.05) is 13.0 Å². The number of hydrogen-bond donors (Lipinski definition) is 3. The van der Waals surface area contributed by atoms with Gasteiger partial charge in [-0.2, -0.15) is 0 Å². The van der Waals surface area contributed by atoms with Crippen molar-refractivity contribution in [1.82, 2.24) is 5.32 Å². The van der Waals surface area contributed by atoms with Gasteiger partial charge in [0.2, 0.25) is 0 Å². The Balaban J connectivity index is 2.13. The lowest BCUT2D eigenvalue weighted by Gasteiger charge is -2.16. The van der Waals surface area contributed by atoms with Gasteiger partial charge in [-0.25, -0.2) is 0 Å². The van der Waals surface area contributed by atoms with Crippen LogP contribution < -0.4 is 5.32 Å². The molecule has 3 atom stereocenters. The van der Waals surface area contributed by atoms with Crippen molar-refractivity contribution in [3.05, 3.63) is 23.8 Å². The van der Waals surface area contributed by atoms with Gasteiger partial charge < -0.3 is 15.5 Å². The first-order chi connectivity index (χ1) is 7.09. The Kier molecular flexibility index (Phi) is 2.57. The average Bonchev–Trinajstić information content (AvgIpc) is 2.81. The van der Waals surface area contributed by atoms with Gasteiger partial charge >= 0.3 is 0 Å². The van der Waals surface area contributed by atoms with E-state index >= 15 is 0 Å². The van der Waals surface area contributed by atoms with Gasteiger partial charge in [0.1, 0.15) is 11.5 Å². The highest BCUT2D eigenvalue weighted by atomic mass is 16.3. The van der Waals surface area contributed by atoms with Crippen LogP contribution in [0, 0.1) is 5.92 Å². The minimum absolute atomic E-state index is 0.0128. The van der Waals surface area contributed by atoms with Crippen LogP contribution in [-0.2, 0) is 0 Å². The number of benzene rings is 1. The van der Waals surface area contributed by atoms with Gasteiger partial charge in [0.15, 0.2) is 0 Å². The molecule has 3 heteroatoms. The van der Waals surface area contributed by atoms with Crippen molar-refractivity contribution in [2.24, 2.45) is 5.92 Å². The number of hydrogen-bond acceptors (Lipinski definition) is 3. The molecule has 1 aliphatic rings. The summed E-state index contributed by atoms with van der Waals surface area (Å²) in [7, 11) is 0. The molecule has 3 unspecified atom stereocenters. The zero-order chi connectivity index (χ0) is 11.0. The van der Waals surface area contributed by atoms with E-state index in [0.717, 1.165) is 0 Å². The predicted molar refractivity (Wildman–Crippen MR) is 58.9 cm³/mol. The summed E-state index contributed by atoms with van der Waals surface area (Å²) in [5.74, 6) is 1.02. The molecule has 0 aliphatic heterocycles. The summed E-state index contributed by atoms with van der Waals surface area (Å²) in [4.78, 5) is 0. The van der Waals surface area contributed by atoms with Crippen molar-refractivity contribution in [3.8, 4) is 11.5 Å². The van der Waals surface area contributed by atoms with Crippen LogP contribution >= 0.6 is 0 Å². The van der Waals surface area contributed by atoms with Crippen LogP contribution in [0.4, 0.5) is 0 Å². The van der Waals surface area contributed by atoms with E-state index in [9.17, 15) is 10.2 Å². The van der Waals surface area contributed by atoms with Gasteiger partial charge in [0.25, 0.3) is 0 Å². The third kappa shape index (κ3) is 2.07. The minimum Gasteiger partial charge on any atom is -0.507 e. The van der Waals surface area contributed by atoms with Crippen molar-refractivity contribution >= 4 is 0 Å². The molecule has 0 saturated heterocycles. The third-order valence-corrected chi connectivity index (χ3v) is 3.07. The van der Waals surface area contributed by atoms with E-state index < -0.39 is 0 Å². The van der Waals surface area contributed by atoms with Crippen molar-refractivity contribution in [1.29, 1.82) is 0 Å². The van der Waals surface area contributed by atoms with Crippen LogP contribution in [0.3, 0.4) is 0 Å². The quantitative estimate of drug-likeness (QED) is 0.712. The Labute approximate surface area is 89.8 Å². The number of rotatable bonds is 3. The Morgan fingerprint density at radius 1 is 1.33 bits per heavy atom. The molecule has 1 aromatic carbocycles. The average molecular weight is 207 g/mol. The molecule has 0 spiro atoms. The zero-order valence-corrected chi connectivity index (χ0v) is 9.07. The fourth-order valence-corrected chi connectivity index (χ4v) is 1.94. The van der Waals surface area contributed by atoms with Crippen molar-refractivity contribution in [2.45, 2.75) is 32.4 Å². The molecule has 3 N–H and O–H groups in total. The highest BCUT2D eigenvalue weighted by Crippen LogP contribution is 2.36. The lowest BCUT2D eigenvalue weighted by Crippen LogP contribution is -2.22. The summed E-state index contributed by atoms with van der Waals surface area (Å²) in [6, 6.07) is 5.36. The normalized spacial score (nSPS) is 26.3. The molecule has 0 aromatic heterocycles. The fourth-order valence-electron chi connectivity index (χ4n) is 1.94. The molecule has 0 amide bonds. The molecule has 15 heavy (non-hydrogen) atoms. The van der Waals surface area contributed by atoms with E-state index in [-0.39, 0.29) is 17.5 Å². The Morgan fingerprint density at radius 2 is 1.87 bits per heavy atom. The molecule has 1 fully saturated rings. The Bertz CT molecular complexity index is 344. The van der Waals surface area contributed by atoms with Gasteiger partial charge in [0.05, 0.1) is 5.56 Å². The van der Waals surface area contributed by atoms with E-state index in [1.54, 1.807) is 18.2 Å². The summed E-state index contributed by atoms with van der Waals surface area (Å²) in [5, 5.41) is 22.7. The monoisotopic (exact) mass is 207 g/mol. The second-order valence-electron chi connectivity index (χ2n) is 4.42. The van der Waals surface area contributed by atoms with Crippen LogP contribution in [0.25, 0.3) is 0 Å². The van der Waals surface area contributed by atoms with Crippen molar-refractivity contribution in [3.63, 3.8) is 0 Å². The molecule has 82 valence electrons. The maximum Gasteiger partial charge on any atom is 0.124 e. The Hall–Kier alpha value is -1.22. The predicted octanol–water partition coefficient (Wildman–Crippen LogP) is 2.16. The molecule has 0 heterocycles. The summed E-state index contributed by atoms with van der Waals surface area (Å²) < 4.78 is 0. The van der Waals surface area contributed by atoms with E-state index in [4.69, 9.17) is 0 Å². The first-order valence-electron chi connectivity index (χ1n) is 5.36. The highest BCUT2D eigenvalue weighted by Gasteiger charge is 2.34. The van der Waals surface area contributed by atoms with Gasteiger partial charge in [0, 0.05) is 12.1 Å². The molecule has 2 rings (SSSR count). The smallest absolute Gasteiger partial charge is 0.124 e. The SMILES string of the molecule is CC(NC1CC1C)c1c(O)cccc1O. The van der Waals surface area contributed by atoms with E-state index in [2.05, 4.69) is 12.2 Å². The zero-order valence-electron chi connectivity index (χ0n) is 9.07. The second kappa shape index (κ2) is 3.74. The molecule has 0 bridgehead atoms. The second-order valence-corrected chi connectivity index (χ2v) is 4.42. The van der Waals surface area contributed by atoms with Crippen LogP contribution in [0.2, 0.25) is 0 Å². The largest absolute Gasteiger partial charge is 0.507 e. The molecule has 1 aromatic rings. The first-order valence-corrected chi connectivity index (χ1v) is 5.36. The number of phenols is 2. The molecule has 1 saturated carbocycles. The van der Waals surface area contributed by atoms with Crippen LogP contribution in [0.5, 0.6) is 11.5 Å². The van der Waals surface area contributed by atoms with Gasteiger partial charge in [-0.15, -0.1) is 0 Å². The van der Waals surface area contributed by atoms with Gasteiger partial charge in [-0.3, -0.25) is 0 Å². The minimum atomic E-state index is -0.0128. The number of phenolic OH excluding ortho intramolecular Hbond substituents is 2. The maximum atomic E-state index is 9.66. The van der Waals surface area contributed by atoms with Crippen molar-refractivity contribution in [2.75, 3.05) is 0 Å².